The Bertz CT molecular complexity index is 2300. The Morgan fingerprint density at radius 2 is 0.976 bits per heavy atom. The Morgan fingerprint density at radius 3 is 1.79 bits per heavy atom. The highest BCUT2D eigenvalue weighted by molar-refractivity contribution is 6.12. The topological polar surface area (TPSA) is 22.4 Å². The van der Waals surface area contributed by atoms with Crippen LogP contribution in [0.3, 0.4) is 0 Å². The molecule has 0 N–H and O–H groups in total. The van der Waals surface area contributed by atoms with E-state index in [2.05, 4.69) is 121 Å². The number of furan rings is 1. The lowest BCUT2D eigenvalue weighted by Gasteiger charge is -2.22. The summed E-state index contributed by atoms with van der Waals surface area (Å²) >= 11 is 0. The Morgan fingerprint density at radius 1 is 0.357 bits per heavy atom. The fourth-order valence-corrected chi connectivity index (χ4v) is 6.46. The van der Waals surface area contributed by atoms with Crippen molar-refractivity contribution in [3.05, 3.63) is 146 Å². The van der Waals surface area contributed by atoms with Crippen molar-refractivity contribution in [1.82, 2.24) is 0 Å². The van der Waals surface area contributed by atoms with Crippen LogP contribution in [0.1, 0.15) is 0 Å². The molecular formula is C40H24O2. The van der Waals surface area contributed by atoms with Crippen molar-refractivity contribution < 1.29 is 9.15 Å². The third-order valence-electron chi connectivity index (χ3n) is 8.51. The summed E-state index contributed by atoms with van der Waals surface area (Å²) in [7, 11) is 0. The summed E-state index contributed by atoms with van der Waals surface area (Å²) in [5.41, 5.74) is 11.3. The maximum absolute atomic E-state index is 6.29. The molecule has 0 unspecified atom stereocenters. The molecule has 0 bridgehead atoms. The largest absolute Gasteiger partial charge is 0.456 e. The van der Waals surface area contributed by atoms with E-state index in [1.807, 2.05) is 24.3 Å². The summed E-state index contributed by atoms with van der Waals surface area (Å²) in [6.45, 7) is 0. The van der Waals surface area contributed by atoms with Gasteiger partial charge in [-0.2, -0.15) is 0 Å². The minimum absolute atomic E-state index is 0.903. The van der Waals surface area contributed by atoms with Crippen LogP contribution in [0.4, 0.5) is 0 Å². The number of rotatable bonds is 3. The summed E-state index contributed by atoms with van der Waals surface area (Å²) in [6.07, 6.45) is 0. The first-order chi connectivity index (χ1) is 20.8. The highest BCUT2D eigenvalue weighted by atomic mass is 16.5. The first-order valence-electron chi connectivity index (χ1n) is 14.3. The number of benzene rings is 7. The average Bonchev–Trinajstić information content (AvgIpc) is 3.44. The first kappa shape index (κ1) is 23.1. The van der Waals surface area contributed by atoms with Gasteiger partial charge < -0.3 is 9.15 Å². The molecule has 196 valence electrons. The van der Waals surface area contributed by atoms with E-state index in [0.717, 1.165) is 33.6 Å². The van der Waals surface area contributed by atoms with Crippen LogP contribution in [-0.2, 0) is 0 Å². The number of hydrogen-bond acceptors (Lipinski definition) is 2. The van der Waals surface area contributed by atoms with Crippen molar-refractivity contribution in [2.45, 2.75) is 0 Å². The van der Waals surface area contributed by atoms with Crippen molar-refractivity contribution in [2.24, 2.45) is 0 Å². The third-order valence-corrected chi connectivity index (χ3v) is 8.51. The smallest absolute Gasteiger partial charge is 0.136 e. The molecule has 2 heterocycles. The number of fused-ring (bicyclic) bond motifs is 5. The van der Waals surface area contributed by atoms with Gasteiger partial charge in [-0.1, -0.05) is 115 Å². The van der Waals surface area contributed by atoms with Crippen LogP contribution in [0.25, 0.3) is 77.2 Å². The van der Waals surface area contributed by atoms with Crippen LogP contribution >= 0.6 is 0 Å². The molecule has 2 heteroatoms. The zero-order valence-corrected chi connectivity index (χ0v) is 22.7. The van der Waals surface area contributed by atoms with Crippen LogP contribution in [0.2, 0.25) is 0 Å². The van der Waals surface area contributed by atoms with E-state index in [9.17, 15) is 0 Å². The number of hydrogen-bond donors (Lipinski definition) is 0. The molecule has 0 fully saturated rings. The molecule has 7 aromatic carbocycles. The second kappa shape index (κ2) is 8.95. The molecular weight excluding hydrogens is 512 g/mol. The van der Waals surface area contributed by atoms with Gasteiger partial charge in [0.1, 0.15) is 22.7 Å². The molecule has 1 aliphatic rings. The Balaban J connectivity index is 1.04. The molecule has 1 aromatic heterocycles. The lowest BCUT2D eigenvalue weighted by Crippen LogP contribution is -1.97. The molecule has 0 spiro atoms. The number of para-hydroxylation sites is 1. The third kappa shape index (κ3) is 3.52. The van der Waals surface area contributed by atoms with Crippen molar-refractivity contribution in [3.8, 4) is 56.0 Å². The Labute approximate surface area is 243 Å². The van der Waals surface area contributed by atoms with Crippen molar-refractivity contribution in [1.29, 1.82) is 0 Å². The minimum Gasteiger partial charge on any atom is -0.456 e. The normalized spacial score (nSPS) is 12.0. The van der Waals surface area contributed by atoms with Gasteiger partial charge in [0.2, 0.25) is 0 Å². The summed E-state index contributed by atoms with van der Waals surface area (Å²) in [4.78, 5) is 0. The Kier molecular flexibility index (Phi) is 4.93. The molecule has 9 rings (SSSR count). The van der Waals surface area contributed by atoms with Crippen LogP contribution in [-0.4, -0.2) is 0 Å². The van der Waals surface area contributed by atoms with E-state index in [1.165, 1.54) is 55.1 Å². The molecule has 1 aliphatic heterocycles. The van der Waals surface area contributed by atoms with Crippen LogP contribution in [0.5, 0.6) is 11.5 Å². The second-order valence-electron chi connectivity index (χ2n) is 10.9. The molecule has 0 saturated heterocycles. The molecule has 0 aliphatic carbocycles. The average molecular weight is 537 g/mol. The SMILES string of the molecule is c1cc2c3c(cccc3c1)-c1cc(-c3ccc(-c4ccc(-c5cccc6oc7ccccc7c56)cc4)cc3)ccc1O2. The van der Waals surface area contributed by atoms with Gasteiger partial charge >= 0.3 is 0 Å². The van der Waals surface area contributed by atoms with E-state index in [-0.39, 0.29) is 0 Å². The van der Waals surface area contributed by atoms with Gasteiger partial charge in [0.15, 0.2) is 0 Å². The molecule has 0 atom stereocenters. The van der Waals surface area contributed by atoms with Crippen molar-refractivity contribution in [2.75, 3.05) is 0 Å². The van der Waals surface area contributed by atoms with E-state index in [4.69, 9.17) is 9.15 Å². The van der Waals surface area contributed by atoms with Gasteiger partial charge in [-0.3, -0.25) is 0 Å². The van der Waals surface area contributed by atoms with Crippen molar-refractivity contribution >= 4 is 32.7 Å². The van der Waals surface area contributed by atoms with Crippen LogP contribution < -0.4 is 4.74 Å². The lowest BCUT2D eigenvalue weighted by atomic mass is 9.92. The van der Waals surface area contributed by atoms with Crippen molar-refractivity contribution in [3.63, 3.8) is 0 Å². The molecule has 8 aromatic rings. The summed E-state index contributed by atoms with van der Waals surface area (Å²) in [5.74, 6) is 1.83. The van der Waals surface area contributed by atoms with Crippen LogP contribution in [0, 0.1) is 0 Å². The summed E-state index contributed by atoms with van der Waals surface area (Å²) in [5, 5.41) is 4.70. The highest BCUT2D eigenvalue weighted by Crippen LogP contribution is 2.47. The fourth-order valence-electron chi connectivity index (χ4n) is 6.46. The standard InChI is InChI=1S/C40H24O2/c1-2-11-35-33(8-1)40-31(9-5-13-38(40)41-35)28-20-18-26(19-21-28)25-14-16-27(17-15-25)30-22-23-36-34(24-30)32-10-3-6-29-7-4-12-37(42-36)39(29)32/h1-24H. The molecule has 0 saturated carbocycles. The van der Waals surface area contributed by atoms with Gasteiger partial charge in [0.05, 0.1) is 0 Å². The van der Waals surface area contributed by atoms with Gasteiger partial charge in [-0.15, -0.1) is 0 Å². The number of ether oxygens (including phenoxy) is 1. The fraction of sp³-hybridized carbons (Fsp3) is 0. The summed E-state index contributed by atoms with van der Waals surface area (Å²) < 4.78 is 12.4. The monoisotopic (exact) mass is 536 g/mol. The predicted octanol–water partition coefficient (Wildman–Crippen LogP) is 11.5. The minimum atomic E-state index is 0.903. The highest BCUT2D eigenvalue weighted by Gasteiger charge is 2.20. The molecule has 0 radical (unpaired) electrons. The Hall–Kier alpha value is -5.60. The van der Waals surface area contributed by atoms with E-state index < -0.39 is 0 Å². The molecule has 0 amide bonds. The van der Waals surface area contributed by atoms with Gasteiger partial charge in [-0.25, -0.2) is 0 Å². The quantitative estimate of drug-likeness (QED) is 0.224. The molecule has 2 nitrogen and oxygen atoms in total. The lowest BCUT2D eigenvalue weighted by molar-refractivity contribution is 0.487. The molecule has 42 heavy (non-hydrogen) atoms. The predicted molar refractivity (Wildman–Crippen MR) is 173 cm³/mol. The van der Waals surface area contributed by atoms with Gasteiger partial charge in [-0.05, 0) is 74.7 Å². The van der Waals surface area contributed by atoms with Gasteiger partial charge in [0.25, 0.3) is 0 Å². The summed E-state index contributed by atoms with van der Waals surface area (Å²) in [6, 6.07) is 51.4. The zero-order chi connectivity index (χ0) is 27.6. The maximum Gasteiger partial charge on any atom is 0.136 e. The van der Waals surface area contributed by atoms with Gasteiger partial charge in [0, 0.05) is 21.7 Å². The second-order valence-corrected chi connectivity index (χ2v) is 10.9. The van der Waals surface area contributed by atoms with E-state index in [1.54, 1.807) is 0 Å². The zero-order valence-electron chi connectivity index (χ0n) is 22.7. The maximum atomic E-state index is 6.29. The first-order valence-corrected chi connectivity index (χ1v) is 14.3. The van der Waals surface area contributed by atoms with Crippen LogP contribution in [0.15, 0.2) is 150 Å². The van der Waals surface area contributed by atoms with E-state index in [0.29, 0.717) is 0 Å². The van der Waals surface area contributed by atoms with E-state index >= 15 is 0 Å².